The van der Waals surface area contributed by atoms with Crippen molar-refractivity contribution in [3.05, 3.63) is 48.0 Å². The smallest absolute Gasteiger partial charge is 0.290 e. The van der Waals surface area contributed by atoms with Crippen molar-refractivity contribution in [1.82, 2.24) is 14.9 Å². The molecule has 7 heteroatoms. The molecule has 0 radical (unpaired) electrons. The zero-order valence-corrected chi connectivity index (χ0v) is 18.0. The maximum absolute atomic E-state index is 12.4. The van der Waals surface area contributed by atoms with Gasteiger partial charge in [0, 0.05) is 37.5 Å². The lowest BCUT2D eigenvalue weighted by molar-refractivity contribution is -0.146. The van der Waals surface area contributed by atoms with Crippen LogP contribution in [0.5, 0.6) is 5.75 Å². The van der Waals surface area contributed by atoms with E-state index < -0.39 is 5.91 Å². The van der Waals surface area contributed by atoms with Gasteiger partial charge in [0.1, 0.15) is 11.6 Å². The molecule has 2 heterocycles. The molecular formula is C24H26N4O3. The van der Waals surface area contributed by atoms with E-state index in [9.17, 15) is 14.7 Å². The second-order valence-corrected chi connectivity index (χ2v) is 8.21. The number of carbonyl (C=O) groups excluding carboxylic acids is 2. The predicted molar refractivity (Wildman–Crippen MR) is 120 cm³/mol. The molecule has 3 aromatic rings. The number of aromatic nitrogens is 2. The van der Waals surface area contributed by atoms with Crippen LogP contribution in [0.3, 0.4) is 0 Å². The van der Waals surface area contributed by atoms with Crippen LogP contribution in [0.2, 0.25) is 0 Å². The number of nitrogens with zero attached hydrogens (tertiary/aromatic N) is 4. The van der Waals surface area contributed by atoms with E-state index in [1.54, 1.807) is 36.9 Å². The van der Waals surface area contributed by atoms with Crippen molar-refractivity contribution < 1.29 is 14.7 Å². The van der Waals surface area contributed by atoms with E-state index in [-0.39, 0.29) is 17.5 Å². The number of para-hydroxylation sites is 1. The average molecular weight is 418 g/mol. The van der Waals surface area contributed by atoms with Crippen LogP contribution >= 0.6 is 0 Å². The number of aryl methyl sites for hydroxylation is 1. The minimum Gasteiger partial charge on any atom is -0.507 e. The molecule has 0 atom stereocenters. The van der Waals surface area contributed by atoms with Gasteiger partial charge in [-0.25, -0.2) is 9.97 Å². The van der Waals surface area contributed by atoms with Gasteiger partial charge in [-0.2, -0.15) is 0 Å². The first kappa shape index (κ1) is 20.8. The SMILES string of the molecule is Cc1ccc2c(N3CCN(C(=O)C(=O)C(C)C)CC3)nc(-c3ccccc3O)nc2c1. The summed E-state index contributed by atoms with van der Waals surface area (Å²) < 4.78 is 0. The highest BCUT2D eigenvalue weighted by Crippen LogP contribution is 2.32. The second-order valence-electron chi connectivity index (χ2n) is 8.21. The van der Waals surface area contributed by atoms with Gasteiger partial charge in [0.05, 0.1) is 11.1 Å². The van der Waals surface area contributed by atoms with Crippen molar-refractivity contribution in [2.24, 2.45) is 5.92 Å². The van der Waals surface area contributed by atoms with E-state index in [1.807, 2.05) is 31.2 Å². The number of phenols is 1. The molecule has 1 aliphatic heterocycles. The number of anilines is 1. The Morgan fingerprint density at radius 3 is 2.39 bits per heavy atom. The molecule has 0 bridgehead atoms. The Balaban J connectivity index is 1.68. The number of hydrogen-bond acceptors (Lipinski definition) is 6. The number of rotatable bonds is 4. The fourth-order valence-corrected chi connectivity index (χ4v) is 3.77. The summed E-state index contributed by atoms with van der Waals surface area (Å²) >= 11 is 0. The summed E-state index contributed by atoms with van der Waals surface area (Å²) in [5, 5.41) is 11.2. The summed E-state index contributed by atoms with van der Waals surface area (Å²) in [6.07, 6.45) is 0. The van der Waals surface area contributed by atoms with E-state index in [1.165, 1.54) is 0 Å². The van der Waals surface area contributed by atoms with Gasteiger partial charge in [-0.3, -0.25) is 9.59 Å². The standard InChI is InChI=1S/C24H26N4O3/c1-15(2)21(30)24(31)28-12-10-27(11-13-28)23-17-9-8-16(3)14-19(17)25-22(26-23)18-6-4-5-7-20(18)29/h4-9,14-15,29H,10-13H2,1-3H3. The molecule has 2 aromatic carbocycles. The van der Waals surface area contributed by atoms with Gasteiger partial charge in [-0.1, -0.05) is 32.0 Å². The third-order valence-electron chi connectivity index (χ3n) is 5.58. The molecule has 1 N–H and O–H groups in total. The van der Waals surface area contributed by atoms with Crippen LogP contribution < -0.4 is 4.90 Å². The number of benzene rings is 2. The number of phenolic OH excluding ortho intramolecular Hbond substituents is 1. The molecule has 31 heavy (non-hydrogen) atoms. The number of Topliss-reactive ketones (excluding diaryl/α,β-unsaturated/α-hetero) is 1. The summed E-state index contributed by atoms with van der Waals surface area (Å²) in [5.41, 5.74) is 2.46. The van der Waals surface area contributed by atoms with Crippen LogP contribution in [0.25, 0.3) is 22.3 Å². The van der Waals surface area contributed by atoms with E-state index in [0.717, 1.165) is 22.3 Å². The normalized spacial score (nSPS) is 14.3. The third kappa shape index (κ3) is 4.08. The number of fused-ring (bicyclic) bond motifs is 1. The molecule has 1 aromatic heterocycles. The predicted octanol–water partition coefficient (Wildman–Crippen LogP) is 3.18. The van der Waals surface area contributed by atoms with Gasteiger partial charge in [0.15, 0.2) is 5.82 Å². The maximum Gasteiger partial charge on any atom is 0.290 e. The van der Waals surface area contributed by atoms with Gasteiger partial charge in [0.25, 0.3) is 5.91 Å². The zero-order valence-electron chi connectivity index (χ0n) is 18.0. The number of aromatic hydroxyl groups is 1. The Hall–Kier alpha value is -3.48. The van der Waals surface area contributed by atoms with Crippen LogP contribution in [-0.2, 0) is 9.59 Å². The Kier molecular flexibility index (Phi) is 5.59. The molecule has 1 fully saturated rings. The largest absolute Gasteiger partial charge is 0.507 e. The van der Waals surface area contributed by atoms with Crippen LogP contribution in [0.4, 0.5) is 5.82 Å². The Bertz CT molecular complexity index is 1150. The number of piperazine rings is 1. The van der Waals surface area contributed by atoms with Gasteiger partial charge < -0.3 is 14.9 Å². The highest BCUT2D eigenvalue weighted by atomic mass is 16.3. The monoisotopic (exact) mass is 418 g/mol. The second kappa shape index (κ2) is 8.34. The quantitative estimate of drug-likeness (QED) is 0.655. The lowest BCUT2D eigenvalue weighted by atomic mass is 10.1. The van der Waals surface area contributed by atoms with Gasteiger partial charge in [-0.05, 0) is 36.8 Å². The van der Waals surface area contributed by atoms with Gasteiger partial charge in [-0.15, -0.1) is 0 Å². The van der Waals surface area contributed by atoms with E-state index in [2.05, 4.69) is 4.90 Å². The van der Waals surface area contributed by atoms with Crippen molar-refractivity contribution in [3.63, 3.8) is 0 Å². The summed E-state index contributed by atoms with van der Waals surface area (Å²) in [5.74, 6) is 0.292. The molecule has 160 valence electrons. The highest BCUT2D eigenvalue weighted by Gasteiger charge is 2.28. The molecule has 4 rings (SSSR count). The zero-order chi connectivity index (χ0) is 22.1. The van der Waals surface area contributed by atoms with Crippen LogP contribution in [0, 0.1) is 12.8 Å². The summed E-state index contributed by atoms with van der Waals surface area (Å²) in [6.45, 7) is 7.55. The van der Waals surface area contributed by atoms with Crippen molar-refractivity contribution >= 4 is 28.4 Å². The molecule has 1 aliphatic rings. The van der Waals surface area contributed by atoms with Gasteiger partial charge in [0.2, 0.25) is 5.78 Å². The Labute approximate surface area is 181 Å². The number of amides is 1. The molecule has 0 unspecified atom stereocenters. The fraction of sp³-hybridized carbons (Fsp3) is 0.333. The minimum absolute atomic E-state index is 0.128. The third-order valence-corrected chi connectivity index (χ3v) is 5.58. The van der Waals surface area contributed by atoms with Crippen LogP contribution in [0.15, 0.2) is 42.5 Å². The molecule has 0 saturated carbocycles. The molecular weight excluding hydrogens is 392 g/mol. The lowest BCUT2D eigenvalue weighted by Gasteiger charge is -2.35. The first-order valence-corrected chi connectivity index (χ1v) is 10.5. The van der Waals surface area contributed by atoms with Crippen LogP contribution in [-0.4, -0.2) is 57.8 Å². The van der Waals surface area contributed by atoms with E-state index >= 15 is 0 Å². The van der Waals surface area contributed by atoms with E-state index in [0.29, 0.717) is 37.6 Å². The Morgan fingerprint density at radius 1 is 1.00 bits per heavy atom. The first-order valence-electron chi connectivity index (χ1n) is 10.5. The molecule has 1 saturated heterocycles. The lowest BCUT2D eigenvalue weighted by Crippen LogP contribution is -2.51. The molecule has 7 nitrogen and oxygen atoms in total. The van der Waals surface area contributed by atoms with Crippen LogP contribution in [0.1, 0.15) is 19.4 Å². The Morgan fingerprint density at radius 2 is 1.71 bits per heavy atom. The topological polar surface area (TPSA) is 86.6 Å². The summed E-state index contributed by atoms with van der Waals surface area (Å²) in [7, 11) is 0. The van der Waals surface area contributed by atoms with Crippen molar-refractivity contribution in [2.75, 3.05) is 31.1 Å². The van der Waals surface area contributed by atoms with Crippen molar-refractivity contribution in [1.29, 1.82) is 0 Å². The summed E-state index contributed by atoms with van der Waals surface area (Å²) in [6, 6.07) is 13.1. The summed E-state index contributed by atoms with van der Waals surface area (Å²) in [4.78, 5) is 37.7. The maximum atomic E-state index is 12.4. The van der Waals surface area contributed by atoms with Crippen molar-refractivity contribution in [2.45, 2.75) is 20.8 Å². The molecule has 0 spiro atoms. The average Bonchev–Trinajstić information content (AvgIpc) is 2.77. The fourth-order valence-electron chi connectivity index (χ4n) is 3.77. The highest BCUT2D eigenvalue weighted by molar-refractivity contribution is 6.36. The first-order chi connectivity index (χ1) is 14.8. The molecule has 1 amide bonds. The van der Waals surface area contributed by atoms with E-state index in [4.69, 9.17) is 9.97 Å². The number of ketones is 1. The van der Waals surface area contributed by atoms with Crippen molar-refractivity contribution in [3.8, 4) is 17.1 Å². The molecule has 0 aliphatic carbocycles. The number of hydrogen-bond donors (Lipinski definition) is 1. The van der Waals surface area contributed by atoms with Gasteiger partial charge >= 0.3 is 0 Å². The minimum atomic E-state index is -0.410. The number of carbonyl (C=O) groups is 2.